The van der Waals surface area contributed by atoms with Crippen LogP contribution in [-0.4, -0.2) is 35.8 Å². The lowest BCUT2D eigenvalue weighted by Crippen LogP contribution is -2.32. The van der Waals surface area contributed by atoms with Crippen molar-refractivity contribution in [2.75, 3.05) is 13.7 Å². The Hall–Kier alpha value is -2.87. The molecule has 0 radical (unpaired) electrons. The molecule has 1 aromatic heterocycles. The zero-order chi connectivity index (χ0) is 21.4. The van der Waals surface area contributed by atoms with E-state index in [1.165, 1.54) is 13.1 Å². The summed E-state index contributed by atoms with van der Waals surface area (Å²) >= 11 is 0. The molecule has 7 heteroatoms. The van der Waals surface area contributed by atoms with Crippen molar-refractivity contribution >= 4 is 12.6 Å². The highest BCUT2D eigenvalue weighted by Crippen LogP contribution is 2.15. The molecule has 0 aliphatic carbocycles. The summed E-state index contributed by atoms with van der Waals surface area (Å²) in [5.41, 5.74) is 6.56. The summed E-state index contributed by atoms with van der Waals surface area (Å²) in [7, 11) is -0.170. The second kappa shape index (κ2) is 15.2. The molecule has 150 valence electrons. The Morgan fingerprint density at radius 2 is 1.75 bits per heavy atom. The summed E-state index contributed by atoms with van der Waals surface area (Å²) in [6, 6.07) is 12.6. The Labute approximate surface area is 167 Å². The van der Waals surface area contributed by atoms with Crippen molar-refractivity contribution in [2.24, 2.45) is 5.73 Å². The van der Waals surface area contributed by atoms with Crippen molar-refractivity contribution in [1.82, 2.24) is 4.98 Å². The van der Waals surface area contributed by atoms with E-state index in [1.807, 2.05) is 43.3 Å². The minimum absolute atomic E-state index is 0.131. The Balaban J connectivity index is 0.00000171. The molecule has 0 aliphatic heterocycles. The van der Waals surface area contributed by atoms with E-state index >= 15 is 0 Å². The van der Waals surface area contributed by atoms with Gasteiger partial charge in [-0.25, -0.2) is 0 Å². The third-order valence-corrected chi connectivity index (χ3v) is 3.38. The van der Waals surface area contributed by atoms with Crippen LogP contribution in [0.2, 0.25) is 0 Å². The normalized spacial score (nSPS) is 9.82. The molecule has 28 heavy (non-hydrogen) atoms. The van der Waals surface area contributed by atoms with Gasteiger partial charge in [0.2, 0.25) is 11.8 Å². The van der Waals surface area contributed by atoms with E-state index in [0.717, 1.165) is 11.1 Å². The molecule has 2 aromatic rings. The first-order valence-electron chi connectivity index (χ1n) is 8.66. The van der Waals surface area contributed by atoms with Crippen molar-refractivity contribution in [3.63, 3.8) is 0 Å². The van der Waals surface area contributed by atoms with Crippen molar-refractivity contribution in [1.29, 1.82) is 0 Å². The maximum absolute atomic E-state index is 9.46. The SMILES string of the molecule is C=C.C=C/C(=C\C)COc1ccc(B(O)O)c(OCc2ccccc2)n1.CN. The van der Waals surface area contributed by atoms with E-state index in [-0.39, 0.29) is 17.9 Å². The number of nitrogens with two attached hydrogens (primary N) is 1. The second-order valence-electron chi connectivity index (χ2n) is 5.05. The molecule has 0 atom stereocenters. The molecule has 0 saturated carbocycles. The highest BCUT2D eigenvalue weighted by atomic mass is 16.5. The predicted molar refractivity (Wildman–Crippen MR) is 116 cm³/mol. The quantitative estimate of drug-likeness (QED) is 0.367. The summed E-state index contributed by atoms with van der Waals surface area (Å²) in [6.07, 6.45) is 3.60. The van der Waals surface area contributed by atoms with Crippen LogP contribution in [-0.2, 0) is 6.61 Å². The lowest BCUT2D eigenvalue weighted by Gasteiger charge is -2.12. The van der Waals surface area contributed by atoms with Gasteiger partial charge in [0.25, 0.3) is 0 Å². The Kier molecular flexibility index (Phi) is 13.7. The molecule has 0 unspecified atom stereocenters. The van der Waals surface area contributed by atoms with E-state index in [0.29, 0.717) is 12.5 Å². The van der Waals surface area contributed by atoms with Gasteiger partial charge < -0.3 is 25.3 Å². The lowest BCUT2D eigenvalue weighted by molar-refractivity contribution is 0.282. The standard InChI is InChI=1S/C18H20BNO4.C2H4.CH5N/c1-3-14(4-2)12-23-17-11-10-16(19(21)22)18(20-17)24-13-15-8-6-5-7-9-15;2*1-2/h3-11,21-22H,1,12-13H2,2H3;1-2H2;2H2,1H3/b14-4+;;. The fraction of sp³-hybridized carbons (Fsp3) is 0.190. The summed E-state index contributed by atoms with van der Waals surface area (Å²) in [5, 5.41) is 18.9. The van der Waals surface area contributed by atoms with Crippen molar-refractivity contribution in [3.05, 3.63) is 85.5 Å². The monoisotopic (exact) mass is 384 g/mol. The average molecular weight is 384 g/mol. The number of pyridine rings is 1. The van der Waals surface area contributed by atoms with Gasteiger partial charge in [-0.1, -0.05) is 55.1 Å². The maximum atomic E-state index is 9.46. The van der Waals surface area contributed by atoms with Crippen LogP contribution in [0.4, 0.5) is 0 Å². The Morgan fingerprint density at radius 1 is 1.11 bits per heavy atom. The number of hydrogen-bond acceptors (Lipinski definition) is 6. The third kappa shape index (κ3) is 8.68. The van der Waals surface area contributed by atoms with Gasteiger partial charge in [-0.15, -0.1) is 13.2 Å². The van der Waals surface area contributed by atoms with E-state index in [1.54, 1.807) is 12.1 Å². The number of hydrogen-bond donors (Lipinski definition) is 3. The van der Waals surface area contributed by atoms with E-state index in [9.17, 15) is 10.0 Å². The number of nitrogens with zero attached hydrogens (tertiary/aromatic N) is 1. The predicted octanol–water partition coefficient (Wildman–Crippen LogP) is 2.23. The molecule has 1 aromatic carbocycles. The first-order valence-corrected chi connectivity index (χ1v) is 8.66. The molecule has 0 bridgehead atoms. The fourth-order valence-corrected chi connectivity index (χ4v) is 1.97. The van der Waals surface area contributed by atoms with Gasteiger partial charge in [0.05, 0.1) is 0 Å². The highest BCUT2D eigenvalue weighted by Gasteiger charge is 2.19. The van der Waals surface area contributed by atoms with Crippen LogP contribution in [0.3, 0.4) is 0 Å². The van der Waals surface area contributed by atoms with Gasteiger partial charge in [-0.3, -0.25) is 0 Å². The second-order valence-corrected chi connectivity index (χ2v) is 5.05. The molecule has 0 spiro atoms. The van der Waals surface area contributed by atoms with Crippen LogP contribution in [0, 0.1) is 0 Å². The van der Waals surface area contributed by atoms with Crippen molar-refractivity contribution in [3.8, 4) is 11.8 Å². The molecule has 0 amide bonds. The zero-order valence-corrected chi connectivity index (χ0v) is 16.5. The number of allylic oxidation sites excluding steroid dienone is 1. The molecule has 0 fully saturated rings. The fourth-order valence-electron chi connectivity index (χ4n) is 1.97. The van der Waals surface area contributed by atoms with E-state index in [2.05, 4.69) is 30.5 Å². The molecule has 0 saturated heterocycles. The van der Waals surface area contributed by atoms with Crippen LogP contribution < -0.4 is 20.7 Å². The average Bonchev–Trinajstić information content (AvgIpc) is 2.76. The largest absolute Gasteiger partial charge is 0.494 e. The van der Waals surface area contributed by atoms with Crippen LogP contribution in [0.15, 0.2) is 79.9 Å². The lowest BCUT2D eigenvalue weighted by atomic mass is 9.81. The van der Waals surface area contributed by atoms with E-state index < -0.39 is 7.12 Å². The summed E-state index contributed by atoms with van der Waals surface area (Å²) in [4.78, 5) is 4.22. The molecule has 6 nitrogen and oxygen atoms in total. The summed E-state index contributed by atoms with van der Waals surface area (Å²) < 4.78 is 11.2. The van der Waals surface area contributed by atoms with Crippen LogP contribution >= 0.6 is 0 Å². The van der Waals surface area contributed by atoms with Gasteiger partial charge in [-0.05, 0) is 25.1 Å². The maximum Gasteiger partial charge on any atom is 0.494 e. The molecular formula is C21H29BN2O4. The highest BCUT2D eigenvalue weighted by molar-refractivity contribution is 6.59. The zero-order valence-electron chi connectivity index (χ0n) is 16.5. The van der Waals surface area contributed by atoms with Crippen LogP contribution in [0.25, 0.3) is 0 Å². The van der Waals surface area contributed by atoms with Crippen LogP contribution in [0.1, 0.15) is 12.5 Å². The molecule has 2 rings (SSSR count). The van der Waals surface area contributed by atoms with Crippen molar-refractivity contribution in [2.45, 2.75) is 13.5 Å². The van der Waals surface area contributed by atoms with Gasteiger partial charge in [0.15, 0.2) is 0 Å². The van der Waals surface area contributed by atoms with Gasteiger partial charge in [0, 0.05) is 11.5 Å². The minimum Gasteiger partial charge on any atom is -0.473 e. The van der Waals surface area contributed by atoms with Gasteiger partial charge in [-0.2, -0.15) is 4.98 Å². The number of benzene rings is 1. The van der Waals surface area contributed by atoms with Crippen LogP contribution in [0.5, 0.6) is 11.8 Å². The van der Waals surface area contributed by atoms with E-state index in [4.69, 9.17) is 9.47 Å². The molecule has 4 N–H and O–H groups in total. The first-order chi connectivity index (χ1) is 13.6. The minimum atomic E-state index is -1.67. The third-order valence-electron chi connectivity index (χ3n) is 3.38. The first kappa shape index (κ1) is 25.1. The van der Waals surface area contributed by atoms with Gasteiger partial charge in [0.1, 0.15) is 13.2 Å². The Morgan fingerprint density at radius 3 is 2.29 bits per heavy atom. The number of aromatic nitrogens is 1. The van der Waals surface area contributed by atoms with Gasteiger partial charge >= 0.3 is 7.12 Å². The summed E-state index contributed by atoms with van der Waals surface area (Å²) in [5.74, 6) is 0.468. The number of rotatable bonds is 8. The molecule has 0 aliphatic rings. The smallest absolute Gasteiger partial charge is 0.473 e. The summed E-state index contributed by atoms with van der Waals surface area (Å²) in [6.45, 7) is 12.2. The molecule has 1 heterocycles. The number of ether oxygens (including phenoxy) is 2. The van der Waals surface area contributed by atoms with Crippen molar-refractivity contribution < 1.29 is 19.5 Å². The Bertz CT molecular complexity index is 722. The molecular weight excluding hydrogens is 355 g/mol. The topological polar surface area (TPSA) is 97.8 Å².